The van der Waals surface area contributed by atoms with Gasteiger partial charge in [0, 0.05) is 5.92 Å². The number of ether oxygens (including phenoxy) is 3. The third kappa shape index (κ3) is 2.59. The van der Waals surface area contributed by atoms with E-state index in [1.54, 1.807) is 27.2 Å². The summed E-state index contributed by atoms with van der Waals surface area (Å²) in [5, 5.41) is 11.3. The number of carbonyl (C=O) groups is 1. The van der Waals surface area contributed by atoms with Gasteiger partial charge < -0.3 is 19.3 Å². The number of hydrogen-bond donors (Lipinski definition) is 1. The van der Waals surface area contributed by atoms with Crippen LogP contribution >= 0.6 is 0 Å². The molecule has 0 radical (unpaired) electrons. The Morgan fingerprint density at radius 1 is 1.19 bits per heavy atom. The van der Waals surface area contributed by atoms with E-state index < -0.39 is 16.9 Å². The molecule has 0 aromatic heterocycles. The number of carbonyl (C=O) groups excluding carboxylic acids is 1. The number of rotatable bonds is 6. The molecule has 5 atom stereocenters. The van der Waals surface area contributed by atoms with Crippen LogP contribution in [0.25, 0.3) is 0 Å². The molecule has 5 nitrogen and oxygen atoms in total. The van der Waals surface area contributed by atoms with Crippen molar-refractivity contribution in [3.05, 3.63) is 48.3 Å². The molecule has 5 heteroatoms. The molecule has 0 saturated heterocycles. The fraction of sp³-hybridized carbons (Fsp3) is 0.500. The lowest BCUT2D eigenvalue weighted by molar-refractivity contribution is -0.137. The number of aliphatic hydroxyl groups is 1. The quantitative estimate of drug-likeness (QED) is 0.775. The zero-order valence-electron chi connectivity index (χ0n) is 16.6. The van der Waals surface area contributed by atoms with Crippen LogP contribution in [0.3, 0.4) is 0 Å². The van der Waals surface area contributed by atoms with Crippen LogP contribution in [-0.4, -0.2) is 37.8 Å². The van der Waals surface area contributed by atoms with E-state index in [4.69, 9.17) is 14.2 Å². The molecule has 1 fully saturated rings. The number of hydrogen-bond acceptors (Lipinski definition) is 5. The highest BCUT2D eigenvalue weighted by molar-refractivity contribution is 5.96. The lowest BCUT2D eigenvalue weighted by atomic mass is 9.69. The number of benzene rings is 1. The van der Waals surface area contributed by atoms with Crippen LogP contribution in [0.4, 0.5) is 0 Å². The largest absolute Gasteiger partial charge is 0.498 e. The molecular weight excluding hydrogens is 344 g/mol. The summed E-state index contributed by atoms with van der Waals surface area (Å²) in [5.41, 5.74) is -1.16. The maximum atomic E-state index is 13.5. The minimum absolute atomic E-state index is 0.0368. The molecule has 1 N–H and O–H groups in total. The summed E-state index contributed by atoms with van der Waals surface area (Å²) in [6.45, 7) is 7.57. The number of fused-ring (bicyclic) bond motifs is 2. The zero-order chi connectivity index (χ0) is 20.0. The van der Waals surface area contributed by atoms with E-state index >= 15 is 0 Å². The number of allylic oxidation sites excluding steroid dienone is 2. The van der Waals surface area contributed by atoms with E-state index in [1.807, 2.05) is 24.3 Å². The normalized spacial score (nSPS) is 34.8. The Bertz CT molecular complexity index is 794. The fourth-order valence-electron chi connectivity index (χ4n) is 5.02. The minimum Gasteiger partial charge on any atom is -0.498 e. The first kappa shape index (κ1) is 19.5. The standard InChI is InChI=1S/C22H28O5/c1-7-10-22-12-17(27-6)21(3,24)19(20(22)23)18(13(22)2)14-8-9-15(25-4)16(11-14)26-5/h7-9,11-13,18-19,24H,1,10H2,2-6H3/t13-,18+,19+,21-,22-/m0/s1. The molecule has 0 aliphatic heterocycles. The van der Waals surface area contributed by atoms with Crippen molar-refractivity contribution in [2.45, 2.75) is 31.8 Å². The van der Waals surface area contributed by atoms with Gasteiger partial charge in [0.15, 0.2) is 17.3 Å². The van der Waals surface area contributed by atoms with Crippen molar-refractivity contribution in [1.82, 2.24) is 0 Å². The van der Waals surface area contributed by atoms with Crippen LogP contribution in [0, 0.1) is 17.3 Å². The van der Waals surface area contributed by atoms with Crippen LogP contribution in [-0.2, 0) is 9.53 Å². The zero-order valence-corrected chi connectivity index (χ0v) is 16.6. The van der Waals surface area contributed by atoms with Gasteiger partial charge in [-0.25, -0.2) is 0 Å². The Hall–Kier alpha value is -2.27. The van der Waals surface area contributed by atoms with Gasteiger partial charge in [-0.15, -0.1) is 6.58 Å². The van der Waals surface area contributed by atoms with Gasteiger partial charge in [0.05, 0.1) is 32.7 Å². The molecule has 2 aliphatic rings. The summed E-state index contributed by atoms with van der Waals surface area (Å²) >= 11 is 0. The topological polar surface area (TPSA) is 65.0 Å². The van der Waals surface area contributed by atoms with Gasteiger partial charge >= 0.3 is 0 Å². The predicted octanol–water partition coefficient (Wildman–Crippen LogP) is 3.48. The average molecular weight is 372 g/mol. The van der Waals surface area contributed by atoms with Crippen molar-refractivity contribution in [3.8, 4) is 11.5 Å². The highest BCUT2D eigenvalue weighted by atomic mass is 16.5. The number of Topliss-reactive ketones (excluding diaryl/α,β-unsaturated/α-hetero) is 1. The Morgan fingerprint density at radius 2 is 1.85 bits per heavy atom. The van der Waals surface area contributed by atoms with Crippen molar-refractivity contribution in [1.29, 1.82) is 0 Å². The smallest absolute Gasteiger partial charge is 0.160 e. The Kier molecular flexibility index (Phi) is 4.85. The molecule has 0 heterocycles. The number of methoxy groups -OCH3 is 3. The van der Waals surface area contributed by atoms with Crippen molar-refractivity contribution in [2.75, 3.05) is 21.3 Å². The van der Waals surface area contributed by atoms with Crippen LogP contribution in [0.1, 0.15) is 31.7 Å². The second kappa shape index (κ2) is 6.71. The second-order valence-corrected chi connectivity index (χ2v) is 7.66. The first-order chi connectivity index (χ1) is 12.8. The molecule has 0 amide bonds. The summed E-state index contributed by atoms with van der Waals surface area (Å²) < 4.78 is 16.3. The molecule has 27 heavy (non-hydrogen) atoms. The predicted molar refractivity (Wildman–Crippen MR) is 103 cm³/mol. The highest BCUT2D eigenvalue weighted by Gasteiger charge is 2.66. The van der Waals surface area contributed by atoms with Crippen molar-refractivity contribution in [3.63, 3.8) is 0 Å². The molecule has 3 rings (SSSR count). The lowest BCUT2D eigenvalue weighted by Gasteiger charge is -2.39. The van der Waals surface area contributed by atoms with Gasteiger partial charge in [-0.05, 0) is 43.0 Å². The summed E-state index contributed by atoms with van der Waals surface area (Å²) in [6, 6.07) is 5.69. The Labute approximate surface area is 160 Å². The van der Waals surface area contributed by atoms with Gasteiger partial charge in [-0.2, -0.15) is 0 Å². The van der Waals surface area contributed by atoms with E-state index in [1.165, 1.54) is 7.11 Å². The van der Waals surface area contributed by atoms with E-state index in [-0.39, 0.29) is 17.6 Å². The lowest BCUT2D eigenvalue weighted by Crippen LogP contribution is -2.48. The van der Waals surface area contributed by atoms with Gasteiger partial charge in [0.25, 0.3) is 0 Å². The molecule has 1 aromatic rings. The van der Waals surface area contributed by atoms with Crippen molar-refractivity contribution >= 4 is 5.78 Å². The summed E-state index contributed by atoms with van der Waals surface area (Å²) in [5.74, 6) is 0.897. The van der Waals surface area contributed by atoms with Gasteiger partial charge in [0.1, 0.15) is 11.4 Å². The van der Waals surface area contributed by atoms with E-state index in [0.717, 1.165) is 5.56 Å². The SMILES string of the molecule is C=CC[C@@]12C=C(OC)[C@](C)(O)[C@@H](C1=O)[C@@H](c1ccc(OC)c(OC)c1)[C@@H]2C. The van der Waals surface area contributed by atoms with E-state index in [0.29, 0.717) is 23.7 Å². The van der Waals surface area contributed by atoms with Gasteiger partial charge in [-0.1, -0.05) is 19.1 Å². The highest BCUT2D eigenvalue weighted by Crippen LogP contribution is 2.62. The molecule has 0 spiro atoms. The molecule has 2 aliphatic carbocycles. The first-order valence-corrected chi connectivity index (χ1v) is 9.15. The van der Waals surface area contributed by atoms with Crippen molar-refractivity contribution < 1.29 is 24.1 Å². The van der Waals surface area contributed by atoms with Gasteiger partial charge in [0.2, 0.25) is 0 Å². The fourth-order valence-corrected chi connectivity index (χ4v) is 5.02. The van der Waals surface area contributed by atoms with E-state index in [9.17, 15) is 9.90 Å². The second-order valence-electron chi connectivity index (χ2n) is 7.66. The van der Waals surface area contributed by atoms with Gasteiger partial charge in [-0.3, -0.25) is 4.79 Å². The third-order valence-electron chi connectivity index (χ3n) is 6.44. The Balaban J connectivity index is 2.19. The van der Waals surface area contributed by atoms with E-state index in [2.05, 4.69) is 13.5 Å². The monoisotopic (exact) mass is 372 g/mol. The molecule has 146 valence electrons. The number of ketones is 1. The molecule has 2 bridgehead atoms. The van der Waals surface area contributed by atoms with Crippen molar-refractivity contribution in [2.24, 2.45) is 17.3 Å². The van der Waals surface area contributed by atoms with Crippen LogP contribution in [0.15, 0.2) is 42.7 Å². The third-order valence-corrected chi connectivity index (χ3v) is 6.44. The first-order valence-electron chi connectivity index (χ1n) is 9.15. The summed E-state index contributed by atoms with van der Waals surface area (Å²) in [6.07, 6.45) is 4.10. The van der Waals surface area contributed by atoms with Crippen LogP contribution in [0.2, 0.25) is 0 Å². The molecule has 1 aromatic carbocycles. The van der Waals surface area contributed by atoms with Crippen LogP contribution < -0.4 is 9.47 Å². The summed E-state index contributed by atoms with van der Waals surface area (Å²) in [4.78, 5) is 13.5. The Morgan fingerprint density at radius 3 is 2.41 bits per heavy atom. The molecule has 0 unspecified atom stereocenters. The maximum absolute atomic E-state index is 13.5. The molecule has 1 saturated carbocycles. The maximum Gasteiger partial charge on any atom is 0.160 e. The molecular formula is C22H28O5. The average Bonchev–Trinajstić information content (AvgIpc) is 2.83. The van der Waals surface area contributed by atoms with Crippen LogP contribution in [0.5, 0.6) is 11.5 Å². The summed E-state index contributed by atoms with van der Waals surface area (Å²) in [7, 11) is 4.71. The minimum atomic E-state index is -1.38.